The van der Waals surface area contributed by atoms with E-state index < -0.39 is 12.1 Å². The van der Waals surface area contributed by atoms with E-state index in [0.29, 0.717) is 52.9 Å². The Bertz CT molecular complexity index is 1470. The maximum absolute atomic E-state index is 12.7. The molecule has 0 spiro atoms. The van der Waals surface area contributed by atoms with Crippen LogP contribution in [-0.2, 0) is 14.4 Å². The van der Waals surface area contributed by atoms with Crippen molar-refractivity contribution in [1.82, 2.24) is 20.2 Å². The third kappa shape index (κ3) is 8.80. The summed E-state index contributed by atoms with van der Waals surface area (Å²) in [7, 11) is 0. The molecule has 2 aliphatic carbocycles. The van der Waals surface area contributed by atoms with E-state index in [0.717, 1.165) is 62.9 Å². The summed E-state index contributed by atoms with van der Waals surface area (Å²) in [6.45, 7) is 2.09. The highest BCUT2D eigenvalue weighted by atomic mass is 35.5. The third-order valence-electron chi connectivity index (χ3n) is 8.28. The summed E-state index contributed by atoms with van der Waals surface area (Å²) in [5.74, 6) is -0.333. The number of alkyl halides is 3. The average molecular weight is 665 g/mol. The molecule has 0 radical (unpaired) electrons. The van der Waals surface area contributed by atoms with Gasteiger partial charge in [0.25, 0.3) is 0 Å². The number of likely N-dealkylation sites (tertiary alicyclic amines) is 1. The van der Waals surface area contributed by atoms with Crippen molar-refractivity contribution in [1.29, 1.82) is 0 Å². The highest BCUT2D eigenvalue weighted by Crippen LogP contribution is 2.34. The van der Waals surface area contributed by atoms with Crippen LogP contribution in [0.5, 0.6) is 5.75 Å². The van der Waals surface area contributed by atoms with Crippen LogP contribution in [0.25, 0.3) is 6.08 Å². The molecule has 6 rings (SSSR count). The molecule has 4 aliphatic rings. The number of carboxylic acids is 1. The summed E-state index contributed by atoms with van der Waals surface area (Å²) in [5, 5.41) is 17.3. The Morgan fingerprint density at radius 1 is 1.04 bits per heavy atom. The van der Waals surface area contributed by atoms with E-state index in [2.05, 4.69) is 25.9 Å². The second kappa shape index (κ2) is 14.6. The molecule has 2 aliphatic heterocycles. The number of hydrogen-bond acceptors (Lipinski definition) is 8. The standard InChI is InChI=1S/C29H35ClN6O3.C2HF3O2/c30-24-16-21(7-8-25(24)39-22-10-13-36(14-11-22)29(38)18-3-1-2-4-18)34-27-23-15-19(28(37)35-20-5-6-20)9-12-31-26(23)32-17-33-27;3-2(4,5)1(6)7/h7-8,15-18,20,22H,1-6,9-14H2,(H,35,37)(H2,31,32,33,34);(H,6,7). The number of nitrogens with zero attached hydrogens (tertiary/aromatic N) is 3. The number of amides is 2. The fourth-order valence-electron chi connectivity index (χ4n) is 5.64. The van der Waals surface area contributed by atoms with Crippen LogP contribution >= 0.6 is 11.6 Å². The van der Waals surface area contributed by atoms with Crippen molar-refractivity contribution in [2.75, 3.05) is 30.3 Å². The summed E-state index contributed by atoms with van der Waals surface area (Å²) in [6.07, 6.45) is 7.04. The van der Waals surface area contributed by atoms with Crippen molar-refractivity contribution in [3.63, 3.8) is 0 Å². The van der Waals surface area contributed by atoms with Gasteiger partial charge in [0, 0.05) is 55.7 Å². The Balaban J connectivity index is 0.000000537. The van der Waals surface area contributed by atoms with Crippen LogP contribution in [0.1, 0.15) is 63.4 Å². The van der Waals surface area contributed by atoms with Gasteiger partial charge in [-0.05, 0) is 56.4 Å². The Kier molecular flexibility index (Phi) is 10.5. The number of aromatic nitrogens is 2. The van der Waals surface area contributed by atoms with Crippen molar-refractivity contribution in [3.8, 4) is 5.75 Å². The number of carboxylic acid groups (broad SMARTS) is 1. The maximum atomic E-state index is 12.7. The summed E-state index contributed by atoms with van der Waals surface area (Å²) in [4.78, 5) is 45.2. The summed E-state index contributed by atoms with van der Waals surface area (Å²) >= 11 is 6.63. The number of benzene rings is 1. The van der Waals surface area contributed by atoms with Gasteiger partial charge in [0.15, 0.2) is 0 Å². The minimum atomic E-state index is -5.08. The lowest BCUT2D eigenvalue weighted by atomic mass is 10.0. The number of carbonyl (C=O) groups excluding carboxylic acids is 2. The summed E-state index contributed by atoms with van der Waals surface area (Å²) in [6, 6.07) is 5.89. The molecule has 0 bridgehead atoms. The van der Waals surface area contributed by atoms with Gasteiger partial charge in [0.2, 0.25) is 11.8 Å². The number of ether oxygens (including phenoxy) is 1. The van der Waals surface area contributed by atoms with Gasteiger partial charge in [0.05, 0.1) is 10.6 Å². The molecule has 0 atom stereocenters. The molecule has 4 N–H and O–H groups in total. The SMILES string of the molecule is O=C(NC1CC1)C1=Cc2c(ncnc2Nc2ccc(OC3CCN(C(=O)C4CCCC4)CC3)c(Cl)c2)NCC1.O=C(O)C(F)(F)F. The fourth-order valence-corrected chi connectivity index (χ4v) is 5.86. The molecule has 2 aromatic rings. The quantitative estimate of drug-likeness (QED) is 0.300. The van der Waals surface area contributed by atoms with Gasteiger partial charge >= 0.3 is 12.1 Å². The lowest BCUT2D eigenvalue weighted by Crippen LogP contribution is -2.44. The molecule has 248 valence electrons. The summed E-state index contributed by atoms with van der Waals surface area (Å²) in [5.41, 5.74) is 2.21. The Hall–Kier alpha value is -4.07. The van der Waals surface area contributed by atoms with Gasteiger partial charge < -0.3 is 30.7 Å². The first-order chi connectivity index (χ1) is 22.0. The van der Waals surface area contributed by atoms with E-state index in [1.807, 2.05) is 29.2 Å². The first-order valence-electron chi connectivity index (χ1n) is 15.4. The number of halogens is 4. The minimum Gasteiger partial charge on any atom is -0.489 e. The van der Waals surface area contributed by atoms with Crippen LogP contribution in [0, 0.1) is 5.92 Å². The van der Waals surface area contributed by atoms with Crippen LogP contribution in [0.15, 0.2) is 30.1 Å². The van der Waals surface area contributed by atoms with Crippen LogP contribution in [0.4, 0.5) is 30.5 Å². The van der Waals surface area contributed by atoms with Crippen LogP contribution < -0.4 is 20.7 Å². The maximum Gasteiger partial charge on any atom is 0.490 e. The van der Waals surface area contributed by atoms with E-state index in [-0.39, 0.29) is 17.9 Å². The van der Waals surface area contributed by atoms with Crippen molar-refractivity contribution < 1.29 is 37.4 Å². The lowest BCUT2D eigenvalue weighted by Gasteiger charge is -2.33. The molecule has 3 heterocycles. The van der Waals surface area contributed by atoms with E-state index in [1.54, 1.807) is 0 Å². The minimum absolute atomic E-state index is 0.0276. The Morgan fingerprint density at radius 2 is 1.74 bits per heavy atom. The summed E-state index contributed by atoms with van der Waals surface area (Å²) < 4.78 is 38.0. The average Bonchev–Trinajstić information content (AvgIpc) is 3.72. The van der Waals surface area contributed by atoms with E-state index in [9.17, 15) is 22.8 Å². The highest BCUT2D eigenvalue weighted by Gasteiger charge is 2.38. The van der Waals surface area contributed by atoms with Crippen molar-refractivity contribution in [2.45, 2.75) is 76.1 Å². The molecule has 3 fully saturated rings. The Labute approximate surface area is 268 Å². The topological polar surface area (TPSA) is 146 Å². The van der Waals surface area contributed by atoms with E-state index >= 15 is 0 Å². The third-order valence-corrected chi connectivity index (χ3v) is 8.58. The normalized spacial score (nSPS) is 18.6. The van der Waals surface area contributed by atoms with Crippen LogP contribution in [-0.4, -0.2) is 75.7 Å². The zero-order valence-corrected chi connectivity index (χ0v) is 25.8. The molecule has 0 unspecified atom stereocenters. The molecular weight excluding hydrogens is 629 g/mol. The number of fused-ring (bicyclic) bond motifs is 1. The van der Waals surface area contributed by atoms with E-state index in [1.165, 1.54) is 19.2 Å². The first kappa shape index (κ1) is 33.3. The molecule has 1 saturated heterocycles. The smallest absolute Gasteiger partial charge is 0.489 e. The zero-order chi connectivity index (χ0) is 32.8. The number of aliphatic carboxylic acids is 1. The number of nitrogens with one attached hydrogen (secondary N) is 3. The predicted molar refractivity (Wildman–Crippen MR) is 165 cm³/mol. The number of rotatable bonds is 7. The van der Waals surface area contributed by atoms with Crippen LogP contribution in [0.2, 0.25) is 5.02 Å². The number of carbonyl (C=O) groups is 3. The Morgan fingerprint density at radius 3 is 2.37 bits per heavy atom. The van der Waals surface area contributed by atoms with E-state index in [4.69, 9.17) is 26.2 Å². The molecule has 2 saturated carbocycles. The molecule has 2 amide bonds. The second-order valence-corrected chi connectivity index (χ2v) is 12.2. The monoisotopic (exact) mass is 664 g/mol. The number of hydrogen-bond donors (Lipinski definition) is 4. The second-order valence-electron chi connectivity index (χ2n) is 11.8. The predicted octanol–water partition coefficient (Wildman–Crippen LogP) is 5.54. The highest BCUT2D eigenvalue weighted by molar-refractivity contribution is 6.32. The van der Waals surface area contributed by atoms with Gasteiger partial charge in [0.1, 0.15) is 29.8 Å². The molecule has 1 aromatic carbocycles. The fraction of sp³-hybridized carbons (Fsp3) is 0.516. The van der Waals surface area contributed by atoms with Gasteiger partial charge in [-0.15, -0.1) is 0 Å². The molecule has 15 heteroatoms. The van der Waals surface area contributed by atoms with Gasteiger partial charge in [-0.2, -0.15) is 13.2 Å². The number of piperidine rings is 1. The number of anilines is 3. The molecule has 1 aromatic heterocycles. The van der Waals surface area contributed by atoms with Gasteiger partial charge in [-0.1, -0.05) is 24.4 Å². The molecule has 46 heavy (non-hydrogen) atoms. The van der Waals surface area contributed by atoms with Crippen LogP contribution in [0.3, 0.4) is 0 Å². The van der Waals surface area contributed by atoms with Crippen molar-refractivity contribution >= 4 is 52.8 Å². The lowest BCUT2D eigenvalue weighted by molar-refractivity contribution is -0.192. The van der Waals surface area contributed by atoms with Gasteiger partial charge in [-0.25, -0.2) is 14.8 Å². The molecular formula is C31H36ClF3N6O5. The van der Waals surface area contributed by atoms with Gasteiger partial charge in [-0.3, -0.25) is 9.59 Å². The first-order valence-corrected chi connectivity index (χ1v) is 15.8. The largest absolute Gasteiger partial charge is 0.490 e. The zero-order valence-electron chi connectivity index (χ0n) is 25.0. The molecule has 11 nitrogen and oxygen atoms in total. The van der Waals surface area contributed by atoms with Crippen molar-refractivity contribution in [2.24, 2.45) is 5.92 Å². The van der Waals surface area contributed by atoms with Crippen molar-refractivity contribution in [3.05, 3.63) is 40.7 Å².